The van der Waals surface area contributed by atoms with E-state index < -0.39 is 0 Å². The summed E-state index contributed by atoms with van der Waals surface area (Å²) < 4.78 is 0. The molecule has 1 aliphatic heterocycles. The summed E-state index contributed by atoms with van der Waals surface area (Å²) in [4.78, 5) is 13.8. The summed E-state index contributed by atoms with van der Waals surface area (Å²) in [6.45, 7) is 3.28. The highest BCUT2D eigenvalue weighted by Crippen LogP contribution is 2.28. The van der Waals surface area contributed by atoms with Crippen LogP contribution in [0.1, 0.15) is 25.7 Å². The average Bonchev–Trinajstić information content (AvgIpc) is 2.61. The zero-order valence-corrected chi connectivity index (χ0v) is 9.24. The van der Waals surface area contributed by atoms with Gasteiger partial charge in [0, 0.05) is 19.1 Å². The number of amides is 1. The van der Waals surface area contributed by atoms with Crippen molar-refractivity contribution in [3.8, 4) is 0 Å². The molecule has 2 rings (SSSR count). The Bertz CT molecular complexity index is 232. The molecule has 1 heterocycles. The first kappa shape index (κ1) is 10.9. The van der Waals surface area contributed by atoms with E-state index in [-0.39, 0.29) is 5.91 Å². The second kappa shape index (κ2) is 4.94. The van der Waals surface area contributed by atoms with Gasteiger partial charge < -0.3 is 11.1 Å². The zero-order valence-electron chi connectivity index (χ0n) is 9.24. The van der Waals surface area contributed by atoms with Crippen molar-refractivity contribution in [2.45, 2.75) is 31.7 Å². The number of rotatable bonds is 2. The molecule has 1 amide bonds. The third-order valence-electron chi connectivity index (χ3n) is 3.65. The molecular weight excluding hydrogens is 190 g/mol. The molecule has 2 unspecified atom stereocenters. The van der Waals surface area contributed by atoms with Gasteiger partial charge in [-0.2, -0.15) is 0 Å². The summed E-state index contributed by atoms with van der Waals surface area (Å²) in [5, 5.41) is 2.92. The fourth-order valence-corrected chi connectivity index (χ4v) is 2.74. The SMILES string of the molecule is NCC1CCC(N2CCCNC(=O)C2)C1. The van der Waals surface area contributed by atoms with E-state index in [9.17, 15) is 4.79 Å². The van der Waals surface area contributed by atoms with Crippen LogP contribution in [-0.4, -0.2) is 43.0 Å². The minimum absolute atomic E-state index is 0.184. The van der Waals surface area contributed by atoms with E-state index in [0.29, 0.717) is 18.5 Å². The van der Waals surface area contributed by atoms with E-state index in [2.05, 4.69) is 10.2 Å². The summed E-state index contributed by atoms with van der Waals surface area (Å²) in [5.74, 6) is 0.866. The van der Waals surface area contributed by atoms with Gasteiger partial charge in [-0.25, -0.2) is 0 Å². The number of carbonyl (C=O) groups is 1. The summed E-state index contributed by atoms with van der Waals surface area (Å²) in [6, 6.07) is 0.599. The van der Waals surface area contributed by atoms with Crippen molar-refractivity contribution in [3.63, 3.8) is 0 Å². The van der Waals surface area contributed by atoms with Crippen LogP contribution < -0.4 is 11.1 Å². The molecule has 3 N–H and O–H groups in total. The molecule has 2 aliphatic rings. The van der Waals surface area contributed by atoms with Crippen molar-refractivity contribution in [3.05, 3.63) is 0 Å². The molecule has 0 bridgehead atoms. The molecule has 0 aromatic carbocycles. The first-order chi connectivity index (χ1) is 7.29. The third-order valence-corrected chi connectivity index (χ3v) is 3.65. The van der Waals surface area contributed by atoms with Crippen LogP contribution in [0.25, 0.3) is 0 Å². The largest absolute Gasteiger partial charge is 0.355 e. The van der Waals surface area contributed by atoms with Gasteiger partial charge in [0.2, 0.25) is 5.91 Å². The lowest BCUT2D eigenvalue weighted by Crippen LogP contribution is -2.39. The van der Waals surface area contributed by atoms with Crippen molar-refractivity contribution >= 4 is 5.91 Å². The quantitative estimate of drug-likeness (QED) is 0.672. The fraction of sp³-hybridized carbons (Fsp3) is 0.909. The molecule has 0 aromatic heterocycles. The lowest BCUT2D eigenvalue weighted by Gasteiger charge is -2.26. The van der Waals surface area contributed by atoms with Crippen molar-refractivity contribution < 1.29 is 4.79 Å². The van der Waals surface area contributed by atoms with Crippen LogP contribution in [0, 0.1) is 5.92 Å². The zero-order chi connectivity index (χ0) is 10.7. The van der Waals surface area contributed by atoms with E-state index in [1.807, 2.05) is 0 Å². The van der Waals surface area contributed by atoms with E-state index >= 15 is 0 Å². The van der Waals surface area contributed by atoms with Crippen LogP contribution in [0.4, 0.5) is 0 Å². The predicted octanol–water partition coefficient (Wildman–Crippen LogP) is -0.0643. The molecule has 1 aliphatic carbocycles. The molecule has 86 valence electrons. The van der Waals surface area contributed by atoms with Crippen LogP contribution in [0.5, 0.6) is 0 Å². The highest BCUT2D eigenvalue weighted by Gasteiger charge is 2.29. The normalized spacial score (nSPS) is 33.8. The Morgan fingerprint density at radius 2 is 2.33 bits per heavy atom. The average molecular weight is 211 g/mol. The minimum Gasteiger partial charge on any atom is -0.355 e. The van der Waals surface area contributed by atoms with Gasteiger partial charge in [-0.15, -0.1) is 0 Å². The number of carbonyl (C=O) groups excluding carboxylic acids is 1. The van der Waals surface area contributed by atoms with Gasteiger partial charge in [-0.05, 0) is 38.1 Å². The molecule has 2 fully saturated rings. The van der Waals surface area contributed by atoms with Gasteiger partial charge >= 0.3 is 0 Å². The van der Waals surface area contributed by atoms with Gasteiger partial charge in [0.05, 0.1) is 6.54 Å². The molecule has 2 atom stereocenters. The van der Waals surface area contributed by atoms with Crippen LogP contribution in [0.15, 0.2) is 0 Å². The monoisotopic (exact) mass is 211 g/mol. The number of nitrogens with zero attached hydrogens (tertiary/aromatic N) is 1. The Hall–Kier alpha value is -0.610. The molecule has 1 saturated carbocycles. The van der Waals surface area contributed by atoms with Gasteiger partial charge in [0.1, 0.15) is 0 Å². The van der Waals surface area contributed by atoms with Crippen LogP contribution in [0.2, 0.25) is 0 Å². The first-order valence-corrected chi connectivity index (χ1v) is 6.00. The van der Waals surface area contributed by atoms with Gasteiger partial charge in [0.25, 0.3) is 0 Å². The van der Waals surface area contributed by atoms with Crippen LogP contribution in [0.3, 0.4) is 0 Å². The van der Waals surface area contributed by atoms with Crippen molar-refractivity contribution in [1.82, 2.24) is 10.2 Å². The predicted molar refractivity (Wildman–Crippen MR) is 59.4 cm³/mol. The summed E-state index contributed by atoms with van der Waals surface area (Å²) in [5.41, 5.74) is 5.69. The summed E-state index contributed by atoms with van der Waals surface area (Å²) >= 11 is 0. The maximum absolute atomic E-state index is 11.4. The van der Waals surface area contributed by atoms with Crippen molar-refractivity contribution in [2.24, 2.45) is 11.7 Å². The highest BCUT2D eigenvalue weighted by molar-refractivity contribution is 5.78. The molecule has 1 saturated heterocycles. The topological polar surface area (TPSA) is 58.4 Å². The summed E-state index contributed by atoms with van der Waals surface area (Å²) in [6.07, 6.45) is 4.72. The number of nitrogens with two attached hydrogens (primary N) is 1. The maximum Gasteiger partial charge on any atom is 0.234 e. The Labute approximate surface area is 91.2 Å². The Kier molecular flexibility index (Phi) is 3.59. The number of hydrogen-bond acceptors (Lipinski definition) is 3. The third kappa shape index (κ3) is 2.69. The molecule has 0 radical (unpaired) electrons. The number of nitrogens with one attached hydrogen (secondary N) is 1. The molecule has 4 nitrogen and oxygen atoms in total. The van der Waals surface area contributed by atoms with Crippen LogP contribution >= 0.6 is 0 Å². The lowest BCUT2D eigenvalue weighted by atomic mass is 10.1. The minimum atomic E-state index is 0.184. The Balaban J connectivity index is 1.89. The second-order valence-electron chi connectivity index (χ2n) is 4.74. The van der Waals surface area contributed by atoms with Crippen molar-refractivity contribution in [2.75, 3.05) is 26.2 Å². The van der Waals surface area contributed by atoms with Crippen LogP contribution in [-0.2, 0) is 4.79 Å². The Morgan fingerprint density at radius 1 is 1.47 bits per heavy atom. The molecule has 15 heavy (non-hydrogen) atoms. The van der Waals surface area contributed by atoms with E-state index in [1.54, 1.807) is 0 Å². The Morgan fingerprint density at radius 3 is 3.07 bits per heavy atom. The smallest absolute Gasteiger partial charge is 0.234 e. The highest BCUT2D eigenvalue weighted by atomic mass is 16.2. The van der Waals surface area contributed by atoms with E-state index in [1.165, 1.54) is 19.3 Å². The van der Waals surface area contributed by atoms with Gasteiger partial charge in [0.15, 0.2) is 0 Å². The first-order valence-electron chi connectivity index (χ1n) is 6.00. The summed E-state index contributed by atoms with van der Waals surface area (Å²) in [7, 11) is 0. The molecule has 4 heteroatoms. The number of hydrogen-bond donors (Lipinski definition) is 2. The standard InChI is InChI=1S/C11H21N3O/c12-7-9-2-3-10(6-9)14-5-1-4-13-11(15)8-14/h9-10H,1-8,12H2,(H,13,15). The molecular formula is C11H21N3O. The second-order valence-corrected chi connectivity index (χ2v) is 4.74. The lowest BCUT2D eigenvalue weighted by molar-refractivity contribution is -0.121. The van der Waals surface area contributed by atoms with Gasteiger partial charge in [-0.1, -0.05) is 0 Å². The van der Waals surface area contributed by atoms with E-state index in [4.69, 9.17) is 5.73 Å². The van der Waals surface area contributed by atoms with Crippen molar-refractivity contribution in [1.29, 1.82) is 0 Å². The fourth-order valence-electron chi connectivity index (χ4n) is 2.74. The van der Waals surface area contributed by atoms with Gasteiger partial charge in [-0.3, -0.25) is 9.69 Å². The maximum atomic E-state index is 11.4. The molecule has 0 spiro atoms. The van der Waals surface area contributed by atoms with E-state index in [0.717, 1.165) is 26.1 Å². The molecule has 0 aromatic rings.